The number of halogens is 2. The van der Waals surface area contributed by atoms with Crippen LogP contribution in [0.1, 0.15) is 10.4 Å². The molecule has 0 spiro atoms. The summed E-state index contributed by atoms with van der Waals surface area (Å²) in [6.45, 7) is 0. The van der Waals surface area contributed by atoms with Gasteiger partial charge in [-0.3, -0.25) is 4.79 Å². The normalized spacial score (nSPS) is 10.2. The Labute approximate surface area is 123 Å². The fourth-order valence-electron chi connectivity index (χ4n) is 1.56. The number of carbonyl (C=O) groups excluding carboxylic acids is 1. The topological polar surface area (TPSA) is 81.1 Å². The molecule has 0 aliphatic rings. The van der Waals surface area contributed by atoms with Crippen molar-refractivity contribution in [1.29, 1.82) is 0 Å². The lowest BCUT2D eigenvalue weighted by atomic mass is 10.1. The zero-order valence-corrected chi connectivity index (χ0v) is 12.1. The second-order valence-corrected chi connectivity index (χ2v) is 5.19. The van der Waals surface area contributed by atoms with E-state index in [9.17, 15) is 4.79 Å². The number of nitrogens with two attached hydrogens (primary N) is 2. The van der Waals surface area contributed by atoms with Crippen molar-refractivity contribution in [3.8, 4) is 0 Å². The minimum atomic E-state index is -0.299. The van der Waals surface area contributed by atoms with Gasteiger partial charge in [0.15, 0.2) is 0 Å². The predicted octanol–water partition coefficient (Wildman–Crippen LogP) is 3.52. The summed E-state index contributed by atoms with van der Waals surface area (Å²) in [6.07, 6.45) is 0. The molecule has 1 amide bonds. The molecule has 0 unspecified atom stereocenters. The van der Waals surface area contributed by atoms with E-state index in [1.54, 1.807) is 36.4 Å². The third-order valence-corrected chi connectivity index (χ3v) is 3.71. The molecule has 0 radical (unpaired) electrons. The molecule has 0 saturated heterocycles. The first-order valence-electron chi connectivity index (χ1n) is 5.39. The van der Waals surface area contributed by atoms with Crippen molar-refractivity contribution in [3.63, 3.8) is 0 Å². The van der Waals surface area contributed by atoms with Crippen LogP contribution in [0, 0.1) is 0 Å². The number of amides is 1. The summed E-state index contributed by atoms with van der Waals surface area (Å²) in [5.41, 5.74) is 13.2. The minimum Gasteiger partial charge on any atom is -0.399 e. The molecule has 0 heterocycles. The number of hydrogen-bond donors (Lipinski definition) is 3. The Morgan fingerprint density at radius 1 is 1.16 bits per heavy atom. The van der Waals surface area contributed by atoms with Gasteiger partial charge in [0.1, 0.15) is 0 Å². The molecule has 0 atom stereocenters. The highest BCUT2D eigenvalue weighted by Gasteiger charge is 2.10. The number of nitrogen functional groups attached to an aromatic ring is 2. The summed E-state index contributed by atoms with van der Waals surface area (Å²) < 4.78 is 0.706. The number of anilines is 3. The summed E-state index contributed by atoms with van der Waals surface area (Å²) in [6, 6.07) is 9.88. The molecule has 0 fully saturated rings. The van der Waals surface area contributed by atoms with Gasteiger partial charge in [0, 0.05) is 21.5 Å². The van der Waals surface area contributed by atoms with Crippen LogP contribution in [-0.4, -0.2) is 5.91 Å². The molecule has 6 heteroatoms. The lowest BCUT2D eigenvalue weighted by molar-refractivity contribution is 0.102. The summed E-state index contributed by atoms with van der Waals surface area (Å²) in [4.78, 5) is 12.1. The molecule has 2 rings (SSSR count). The molecular weight excluding hydrogens is 330 g/mol. The molecular formula is C13H11BrClN3O. The van der Waals surface area contributed by atoms with Crippen LogP contribution in [0.5, 0.6) is 0 Å². The van der Waals surface area contributed by atoms with E-state index in [1.807, 2.05) is 0 Å². The van der Waals surface area contributed by atoms with E-state index in [-0.39, 0.29) is 5.91 Å². The smallest absolute Gasteiger partial charge is 0.257 e. The summed E-state index contributed by atoms with van der Waals surface area (Å²) in [7, 11) is 0. The van der Waals surface area contributed by atoms with Gasteiger partial charge in [-0.25, -0.2) is 0 Å². The first kappa shape index (κ1) is 13.7. The Morgan fingerprint density at radius 3 is 2.53 bits per heavy atom. The average Bonchev–Trinajstić information content (AvgIpc) is 2.33. The number of carbonyl (C=O) groups is 1. The fraction of sp³-hybridized carbons (Fsp3) is 0. The second kappa shape index (κ2) is 5.50. The van der Waals surface area contributed by atoms with E-state index in [0.717, 1.165) is 0 Å². The highest BCUT2D eigenvalue weighted by molar-refractivity contribution is 9.10. The molecule has 0 saturated carbocycles. The number of nitrogens with one attached hydrogen (secondary N) is 1. The van der Waals surface area contributed by atoms with Gasteiger partial charge < -0.3 is 16.8 Å². The molecule has 4 nitrogen and oxygen atoms in total. The van der Waals surface area contributed by atoms with Crippen molar-refractivity contribution in [2.45, 2.75) is 0 Å². The first-order valence-corrected chi connectivity index (χ1v) is 6.56. The molecule has 0 aliphatic heterocycles. The van der Waals surface area contributed by atoms with Crippen LogP contribution < -0.4 is 16.8 Å². The number of rotatable bonds is 2. The van der Waals surface area contributed by atoms with Gasteiger partial charge in [0.2, 0.25) is 0 Å². The Hall–Kier alpha value is -1.72. The van der Waals surface area contributed by atoms with Crippen LogP contribution in [0.15, 0.2) is 40.9 Å². The zero-order valence-electron chi connectivity index (χ0n) is 9.78. The van der Waals surface area contributed by atoms with Gasteiger partial charge in [-0.15, -0.1) is 0 Å². The van der Waals surface area contributed by atoms with Crippen molar-refractivity contribution in [2.24, 2.45) is 0 Å². The SMILES string of the molecule is Nc1ccc(C(=O)Nc2ccc(Cl)c(Br)c2)c(N)c1. The second-order valence-electron chi connectivity index (χ2n) is 3.93. The third-order valence-electron chi connectivity index (χ3n) is 2.50. The Morgan fingerprint density at radius 2 is 1.89 bits per heavy atom. The molecule has 0 aromatic heterocycles. The Kier molecular flexibility index (Phi) is 3.97. The van der Waals surface area contributed by atoms with Crippen molar-refractivity contribution < 1.29 is 4.79 Å². The van der Waals surface area contributed by atoms with E-state index >= 15 is 0 Å². The van der Waals surface area contributed by atoms with E-state index in [2.05, 4.69) is 21.2 Å². The monoisotopic (exact) mass is 339 g/mol. The summed E-state index contributed by atoms with van der Waals surface area (Å²) in [5.74, 6) is -0.299. The van der Waals surface area contributed by atoms with Crippen molar-refractivity contribution in [3.05, 3.63) is 51.5 Å². The van der Waals surface area contributed by atoms with Crippen LogP contribution in [0.4, 0.5) is 17.1 Å². The predicted molar refractivity (Wildman–Crippen MR) is 82.4 cm³/mol. The highest BCUT2D eigenvalue weighted by atomic mass is 79.9. The molecule has 0 bridgehead atoms. The lowest BCUT2D eigenvalue weighted by Gasteiger charge is -2.09. The maximum atomic E-state index is 12.1. The molecule has 98 valence electrons. The Balaban J connectivity index is 2.23. The van der Waals surface area contributed by atoms with E-state index < -0.39 is 0 Å². The number of hydrogen-bond acceptors (Lipinski definition) is 3. The van der Waals surface area contributed by atoms with Gasteiger partial charge in [0.25, 0.3) is 5.91 Å². The van der Waals surface area contributed by atoms with E-state index in [0.29, 0.717) is 32.1 Å². The molecule has 2 aromatic rings. The molecule has 19 heavy (non-hydrogen) atoms. The molecule has 2 aromatic carbocycles. The van der Waals surface area contributed by atoms with Gasteiger partial charge >= 0.3 is 0 Å². The lowest BCUT2D eigenvalue weighted by Crippen LogP contribution is -2.14. The fourth-order valence-corrected chi connectivity index (χ4v) is 2.06. The van der Waals surface area contributed by atoms with Crippen LogP contribution in [0.3, 0.4) is 0 Å². The van der Waals surface area contributed by atoms with Gasteiger partial charge in [-0.1, -0.05) is 11.6 Å². The quantitative estimate of drug-likeness (QED) is 0.732. The standard InChI is InChI=1S/C13H11BrClN3O/c14-10-6-8(2-4-11(10)15)18-13(19)9-3-1-7(16)5-12(9)17/h1-6H,16-17H2,(H,18,19). The van der Waals surface area contributed by atoms with Gasteiger partial charge in [-0.05, 0) is 52.3 Å². The summed E-state index contributed by atoms with van der Waals surface area (Å²) >= 11 is 9.18. The number of benzene rings is 2. The van der Waals surface area contributed by atoms with E-state index in [4.69, 9.17) is 23.1 Å². The highest BCUT2D eigenvalue weighted by Crippen LogP contribution is 2.26. The molecule has 0 aliphatic carbocycles. The first-order chi connectivity index (χ1) is 8.97. The molecule has 5 N–H and O–H groups in total. The van der Waals surface area contributed by atoms with Crippen LogP contribution in [0.2, 0.25) is 5.02 Å². The van der Waals surface area contributed by atoms with Crippen LogP contribution in [0.25, 0.3) is 0 Å². The van der Waals surface area contributed by atoms with E-state index in [1.165, 1.54) is 0 Å². The summed E-state index contributed by atoms with van der Waals surface area (Å²) in [5, 5.41) is 3.31. The van der Waals surface area contributed by atoms with Crippen molar-refractivity contribution in [1.82, 2.24) is 0 Å². The maximum absolute atomic E-state index is 12.1. The Bertz CT molecular complexity index is 646. The van der Waals surface area contributed by atoms with Crippen LogP contribution in [-0.2, 0) is 0 Å². The third kappa shape index (κ3) is 3.19. The average molecular weight is 341 g/mol. The minimum absolute atomic E-state index is 0.299. The van der Waals surface area contributed by atoms with Crippen molar-refractivity contribution in [2.75, 3.05) is 16.8 Å². The van der Waals surface area contributed by atoms with Crippen molar-refractivity contribution >= 4 is 50.5 Å². The largest absolute Gasteiger partial charge is 0.399 e. The van der Waals surface area contributed by atoms with Gasteiger partial charge in [-0.2, -0.15) is 0 Å². The maximum Gasteiger partial charge on any atom is 0.257 e. The zero-order chi connectivity index (χ0) is 14.0. The van der Waals surface area contributed by atoms with Crippen LogP contribution >= 0.6 is 27.5 Å². The van der Waals surface area contributed by atoms with Gasteiger partial charge in [0.05, 0.1) is 10.6 Å².